The fraction of sp³-hybridized carbons (Fsp3) is 0.600. The minimum Gasteiger partial charge on any atom is -0.310 e. The Morgan fingerprint density at radius 2 is 2.00 bits per heavy atom. The summed E-state index contributed by atoms with van der Waals surface area (Å²) in [6.45, 7) is 9.40. The molecule has 0 saturated carbocycles. The third-order valence-electron chi connectivity index (χ3n) is 2.94. The summed E-state index contributed by atoms with van der Waals surface area (Å²) in [5.41, 5.74) is 1.07. The maximum absolute atomic E-state index is 13.3. The number of hydrogen-bond donors (Lipinski definition) is 1. The molecule has 0 aliphatic rings. The van der Waals surface area contributed by atoms with Gasteiger partial charge in [0.25, 0.3) is 0 Å². The van der Waals surface area contributed by atoms with Gasteiger partial charge in [-0.3, -0.25) is 0 Å². The van der Waals surface area contributed by atoms with Crippen LogP contribution in [0.3, 0.4) is 0 Å². The molecule has 1 unspecified atom stereocenters. The normalized spacial score (nSPS) is 13.0. The average molecular weight is 269 g/mol. The summed E-state index contributed by atoms with van der Waals surface area (Å²) < 4.78 is 13.3. The molecule has 0 spiro atoms. The molecule has 0 saturated heterocycles. The first-order valence-corrected chi connectivity index (χ1v) is 7.66. The van der Waals surface area contributed by atoms with E-state index >= 15 is 0 Å². The van der Waals surface area contributed by atoms with E-state index in [1.807, 2.05) is 17.8 Å². The van der Waals surface area contributed by atoms with Crippen LogP contribution in [0.15, 0.2) is 23.1 Å². The van der Waals surface area contributed by atoms with Crippen LogP contribution in [-0.2, 0) is 6.54 Å². The van der Waals surface area contributed by atoms with Crippen LogP contribution in [0.4, 0.5) is 4.39 Å². The minimum absolute atomic E-state index is 0.150. The van der Waals surface area contributed by atoms with Gasteiger partial charge in [0.15, 0.2) is 0 Å². The Kier molecular flexibility index (Phi) is 6.72. The van der Waals surface area contributed by atoms with Crippen molar-refractivity contribution in [2.45, 2.75) is 51.6 Å². The predicted molar refractivity (Wildman–Crippen MR) is 78.6 cm³/mol. The van der Waals surface area contributed by atoms with Crippen LogP contribution in [0, 0.1) is 11.7 Å². The van der Waals surface area contributed by atoms with Gasteiger partial charge in [-0.15, -0.1) is 11.8 Å². The van der Waals surface area contributed by atoms with Crippen LogP contribution in [0.5, 0.6) is 0 Å². The summed E-state index contributed by atoms with van der Waals surface area (Å²) in [6, 6.07) is 5.52. The van der Waals surface area contributed by atoms with Crippen molar-refractivity contribution in [1.29, 1.82) is 0 Å². The number of hydrogen-bond acceptors (Lipinski definition) is 2. The zero-order valence-electron chi connectivity index (χ0n) is 11.8. The average Bonchev–Trinajstić information content (AvgIpc) is 2.34. The Balaban J connectivity index is 2.69. The second-order valence-electron chi connectivity index (χ2n) is 5.11. The van der Waals surface area contributed by atoms with Crippen molar-refractivity contribution >= 4 is 11.8 Å². The summed E-state index contributed by atoms with van der Waals surface area (Å²) in [6.07, 6.45) is 1.19. The van der Waals surface area contributed by atoms with E-state index in [9.17, 15) is 4.39 Å². The maximum atomic E-state index is 13.3. The van der Waals surface area contributed by atoms with E-state index in [1.165, 1.54) is 11.3 Å². The lowest BCUT2D eigenvalue weighted by Crippen LogP contribution is -2.22. The molecule has 1 aromatic carbocycles. The van der Waals surface area contributed by atoms with Crippen molar-refractivity contribution in [3.05, 3.63) is 29.6 Å². The largest absolute Gasteiger partial charge is 0.310 e. The van der Waals surface area contributed by atoms with Crippen LogP contribution in [-0.4, -0.2) is 11.8 Å². The Hall–Kier alpha value is -0.540. The molecule has 18 heavy (non-hydrogen) atoms. The molecule has 0 radical (unpaired) electrons. The standard InChI is InChI=1S/C15H24FNS/c1-5-12(4)10-18-15-7-6-14(16)8-13(15)9-17-11(2)3/h6-8,11-12,17H,5,9-10H2,1-4H3. The summed E-state index contributed by atoms with van der Waals surface area (Å²) in [5.74, 6) is 1.64. The van der Waals surface area contributed by atoms with E-state index < -0.39 is 0 Å². The van der Waals surface area contributed by atoms with Crippen LogP contribution in [0.1, 0.15) is 39.7 Å². The first-order chi connectivity index (χ1) is 8.52. The fourth-order valence-corrected chi connectivity index (χ4v) is 2.67. The molecule has 102 valence electrons. The first kappa shape index (κ1) is 15.5. The predicted octanol–water partition coefficient (Wildman–Crippen LogP) is 4.46. The van der Waals surface area contributed by atoms with E-state index in [4.69, 9.17) is 0 Å². The van der Waals surface area contributed by atoms with Gasteiger partial charge in [-0.05, 0) is 29.7 Å². The van der Waals surface area contributed by atoms with Crippen molar-refractivity contribution in [2.75, 3.05) is 5.75 Å². The van der Waals surface area contributed by atoms with Crippen molar-refractivity contribution in [1.82, 2.24) is 5.32 Å². The number of rotatable bonds is 7. The highest BCUT2D eigenvalue weighted by atomic mass is 32.2. The molecule has 1 rings (SSSR count). The van der Waals surface area contributed by atoms with E-state index in [1.54, 1.807) is 12.1 Å². The van der Waals surface area contributed by atoms with E-state index in [0.29, 0.717) is 12.0 Å². The molecule has 1 atom stereocenters. The SMILES string of the molecule is CCC(C)CSc1ccc(F)cc1CNC(C)C. The molecule has 0 aliphatic heterocycles. The zero-order valence-corrected chi connectivity index (χ0v) is 12.6. The topological polar surface area (TPSA) is 12.0 Å². The maximum Gasteiger partial charge on any atom is 0.123 e. The minimum atomic E-state index is -0.150. The quantitative estimate of drug-likeness (QED) is 0.733. The van der Waals surface area contributed by atoms with E-state index in [2.05, 4.69) is 33.0 Å². The van der Waals surface area contributed by atoms with Gasteiger partial charge in [-0.2, -0.15) is 0 Å². The highest BCUT2D eigenvalue weighted by Crippen LogP contribution is 2.26. The highest BCUT2D eigenvalue weighted by Gasteiger charge is 2.07. The number of thioether (sulfide) groups is 1. The van der Waals surface area contributed by atoms with Crippen LogP contribution < -0.4 is 5.32 Å². The smallest absolute Gasteiger partial charge is 0.123 e. The van der Waals surface area contributed by atoms with Crippen molar-refractivity contribution in [3.8, 4) is 0 Å². The summed E-state index contributed by atoms with van der Waals surface area (Å²) >= 11 is 1.83. The Morgan fingerprint density at radius 1 is 1.28 bits per heavy atom. The number of halogens is 1. The molecular weight excluding hydrogens is 245 g/mol. The Bertz CT molecular complexity index is 366. The van der Waals surface area contributed by atoms with E-state index in [-0.39, 0.29) is 5.82 Å². The van der Waals surface area contributed by atoms with Gasteiger partial charge in [0.05, 0.1) is 0 Å². The number of nitrogens with one attached hydrogen (secondary N) is 1. The molecule has 0 aromatic heterocycles. The van der Waals surface area contributed by atoms with Crippen molar-refractivity contribution in [3.63, 3.8) is 0 Å². The van der Waals surface area contributed by atoms with Gasteiger partial charge >= 0.3 is 0 Å². The van der Waals surface area contributed by atoms with Gasteiger partial charge in [0.2, 0.25) is 0 Å². The number of benzene rings is 1. The summed E-state index contributed by atoms with van der Waals surface area (Å²) in [4.78, 5) is 1.20. The second kappa shape index (κ2) is 7.80. The molecule has 1 N–H and O–H groups in total. The van der Waals surface area contributed by atoms with Crippen LogP contribution in [0.25, 0.3) is 0 Å². The molecule has 0 aliphatic carbocycles. The van der Waals surface area contributed by atoms with Gasteiger partial charge < -0.3 is 5.32 Å². The second-order valence-corrected chi connectivity index (χ2v) is 6.17. The Labute approximate surface area is 115 Å². The zero-order chi connectivity index (χ0) is 13.5. The molecule has 0 heterocycles. The monoisotopic (exact) mass is 269 g/mol. The third-order valence-corrected chi connectivity index (χ3v) is 4.39. The molecule has 1 aromatic rings. The first-order valence-electron chi connectivity index (χ1n) is 6.67. The lowest BCUT2D eigenvalue weighted by Gasteiger charge is -2.14. The molecule has 3 heteroatoms. The van der Waals surface area contributed by atoms with Gasteiger partial charge in [-0.1, -0.05) is 34.1 Å². The van der Waals surface area contributed by atoms with Crippen LogP contribution in [0.2, 0.25) is 0 Å². The lowest BCUT2D eigenvalue weighted by molar-refractivity contribution is 0.576. The van der Waals surface area contributed by atoms with Gasteiger partial charge in [-0.25, -0.2) is 4.39 Å². The lowest BCUT2D eigenvalue weighted by atomic mass is 10.2. The van der Waals surface area contributed by atoms with E-state index in [0.717, 1.165) is 17.9 Å². The van der Waals surface area contributed by atoms with Gasteiger partial charge in [0.1, 0.15) is 5.82 Å². The molecule has 0 fully saturated rings. The van der Waals surface area contributed by atoms with Crippen molar-refractivity contribution in [2.24, 2.45) is 5.92 Å². The van der Waals surface area contributed by atoms with Gasteiger partial charge in [0, 0.05) is 23.2 Å². The van der Waals surface area contributed by atoms with Crippen LogP contribution >= 0.6 is 11.8 Å². The summed E-state index contributed by atoms with van der Waals surface area (Å²) in [5, 5.41) is 3.35. The molecule has 1 nitrogen and oxygen atoms in total. The molecule has 0 bridgehead atoms. The Morgan fingerprint density at radius 3 is 2.61 bits per heavy atom. The fourth-order valence-electron chi connectivity index (χ4n) is 1.49. The highest BCUT2D eigenvalue weighted by molar-refractivity contribution is 7.99. The molecular formula is C15H24FNS. The third kappa shape index (κ3) is 5.40. The summed E-state index contributed by atoms with van der Waals surface area (Å²) in [7, 11) is 0. The van der Waals surface area contributed by atoms with Crippen molar-refractivity contribution < 1.29 is 4.39 Å². The molecule has 0 amide bonds.